The van der Waals surface area contributed by atoms with Gasteiger partial charge in [0.2, 0.25) is 11.8 Å². The number of rotatable bonds is 3. The first-order valence-electron chi connectivity index (χ1n) is 5.00. The number of β-amino-alcohol motifs (C(OH)–C–C–N with tert-alkyl or cyclic N) is 1. The Bertz CT molecular complexity index is 305. The van der Waals surface area contributed by atoms with Crippen molar-refractivity contribution in [3.8, 4) is 0 Å². The number of likely N-dealkylation sites (tertiary alicyclic amines) is 1. The molecule has 0 spiro atoms. The van der Waals surface area contributed by atoms with Gasteiger partial charge in [-0.05, 0) is 5.41 Å². The van der Waals surface area contributed by atoms with Crippen molar-refractivity contribution in [3.63, 3.8) is 0 Å². The molecule has 0 bridgehead atoms. The fourth-order valence-corrected chi connectivity index (χ4v) is 2.65. The van der Waals surface area contributed by atoms with Gasteiger partial charge in [0.1, 0.15) is 0 Å². The van der Waals surface area contributed by atoms with E-state index in [1.54, 1.807) is 0 Å². The van der Waals surface area contributed by atoms with Gasteiger partial charge in [0.05, 0.1) is 24.5 Å². The Balaban J connectivity index is 2.08. The molecule has 0 aromatic heterocycles. The zero-order chi connectivity index (χ0) is 11.4. The van der Waals surface area contributed by atoms with E-state index < -0.39 is 6.10 Å². The molecule has 1 aliphatic carbocycles. The summed E-state index contributed by atoms with van der Waals surface area (Å²) in [5.74, 6) is -0.523. The Morgan fingerprint density at radius 1 is 1.40 bits per heavy atom. The number of alkyl halides is 1. The second-order valence-corrected chi connectivity index (χ2v) is 5.52. The summed E-state index contributed by atoms with van der Waals surface area (Å²) in [7, 11) is 0. The summed E-state index contributed by atoms with van der Waals surface area (Å²) < 4.78 is 0. The molecule has 0 aromatic rings. The lowest BCUT2D eigenvalue weighted by atomic mass is 10.1. The fourth-order valence-electron chi connectivity index (χ4n) is 2.44. The van der Waals surface area contributed by atoms with E-state index >= 15 is 0 Å². The molecule has 1 saturated heterocycles. The van der Waals surface area contributed by atoms with Crippen LogP contribution in [0.15, 0.2) is 0 Å². The number of aliphatic hydroxyl groups is 1. The van der Waals surface area contributed by atoms with Gasteiger partial charge < -0.3 is 5.11 Å². The quantitative estimate of drug-likeness (QED) is 0.599. The average molecular weight is 276 g/mol. The highest BCUT2D eigenvalue weighted by atomic mass is 79.9. The topological polar surface area (TPSA) is 57.6 Å². The van der Waals surface area contributed by atoms with E-state index in [4.69, 9.17) is 0 Å². The molecule has 2 aliphatic rings. The maximum absolute atomic E-state index is 11.8. The molecule has 0 radical (unpaired) electrons. The highest BCUT2D eigenvalue weighted by molar-refractivity contribution is 9.09. The van der Waals surface area contributed by atoms with E-state index in [2.05, 4.69) is 15.9 Å². The van der Waals surface area contributed by atoms with Gasteiger partial charge in [-0.25, -0.2) is 0 Å². The maximum atomic E-state index is 11.8. The molecule has 15 heavy (non-hydrogen) atoms. The second-order valence-electron chi connectivity index (χ2n) is 4.87. The molecule has 2 rings (SSSR count). The summed E-state index contributed by atoms with van der Waals surface area (Å²) in [4.78, 5) is 24.8. The van der Waals surface area contributed by atoms with E-state index in [-0.39, 0.29) is 35.6 Å². The number of nitrogens with zero attached hydrogens (tertiary/aromatic N) is 1. The molecule has 1 N–H and O–H groups in total. The third-order valence-electron chi connectivity index (χ3n) is 3.46. The third-order valence-corrected chi connectivity index (χ3v) is 4.21. The summed E-state index contributed by atoms with van der Waals surface area (Å²) in [5.41, 5.74) is -0.163. The Labute approximate surface area is 96.8 Å². The standard InChI is InChI=1S/C10H14BrNO3/c1-10(2)6-7(10)9(15)12(8(6)14)4-5(13)3-11/h5-7,13H,3-4H2,1-2H3. The van der Waals surface area contributed by atoms with Crippen LogP contribution in [-0.2, 0) is 9.59 Å². The molecule has 1 saturated carbocycles. The van der Waals surface area contributed by atoms with Crippen molar-refractivity contribution in [1.82, 2.24) is 4.90 Å². The highest BCUT2D eigenvalue weighted by Crippen LogP contribution is 2.63. The predicted octanol–water partition coefficient (Wildman–Crippen LogP) is 0.383. The van der Waals surface area contributed by atoms with Gasteiger partial charge in [0.15, 0.2) is 0 Å². The van der Waals surface area contributed by atoms with Crippen LogP contribution >= 0.6 is 15.9 Å². The summed E-state index contributed by atoms with van der Waals surface area (Å²) in [6.45, 7) is 4.00. The van der Waals surface area contributed by atoms with Crippen LogP contribution in [-0.4, -0.2) is 39.8 Å². The van der Waals surface area contributed by atoms with Crippen molar-refractivity contribution in [1.29, 1.82) is 0 Å². The lowest BCUT2D eigenvalue weighted by Gasteiger charge is -2.22. The Morgan fingerprint density at radius 3 is 2.27 bits per heavy atom. The fraction of sp³-hybridized carbons (Fsp3) is 0.800. The number of carbonyl (C=O) groups is 2. The molecular formula is C10H14BrNO3. The smallest absolute Gasteiger partial charge is 0.233 e. The average Bonchev–Trinajstić information content (AvgIpc) is 2.64. The Hall–Kier alpha value is -0.420. The SMILES string of the molecule is CC1(C)C2C(=O)N(CC(O)CBr)C(=O)C21. The summed E-state index contributed by atoms with van der Waals surface area (Å²) >= 11 is 3.11. The van der Waals surface area contributed by atoms with E-state index in [1.165, 1.54) is 4.90 Å². The molecule has 3 atom stereocenters. The van der Waals surface area contributed by atoms with E-state index in [9.17, 15) is 14.7 Å². The first-order chi connectivity index (χ1) is 6.91. The van der Waals surface area contributed by atoms with E-state index in [0.717, 1.165) is 0 Å². The van der Waals surface area contributed by atoms with Crippen molar-refractivity contribution in [2.75, 3.05) is 11.9 Å². The van der Waals surface area contributed by atoms with Gasteiger partial charge in [0.25, 0.3) is 0 Å². The van der Waals surface area contributed by atoms with Crippen LogP contribution in [0, 0.1) is 17.3 Å². The van der Waals surface area contributed by atoms with Gasteiger partial charge in [-0.2, -0.15) is 0 Å². The lowest BCUT2D eigenvalue weighted by molar-refractivity contribution is -0.144. The first-order valence-corrected chi connectivity index (χ1v) is 6.12. The lowest BCUT2D eigenvalue weighted by Crippen LogP contribution is -2.41. The molecule has 1 aliphatic heterocycles. The van der Waals surface area contributed by atoms with Crippen molar-refractivity contribution in [2.45, 2.75) is 20.0 Å². The van der Waals surface area contributed by atoms with Crippen LogP contribution in [0.5, 0.6) is 0 Å². The number of hydrogen-bond acceptors (Lipinski definition) is 3. The Kier molecular flexibility index (Phi) is 2.43. The molecule has 5 heteroatoms. The van der Waals surface area contributed by atoms with Crippen LogP contribution in [0.25, 0.3) is 0 Å². The van der Waals surface area contributed by atoms with Crippen LogP contribution in [0.4, 0.5) is 0 Å². The monoisotopic (exact) mass is 275 g/mol. The summed E-state index contributed by atoms with van der Waals surface area (Å²) in [5, 5.41) is 9.77. The predicted molar refractivity (Wildman–Crippen MR) is 57.3 cm³/mol. The van der Waals surface area contributed by atoms with Crippen LogP contribution in [0.3, 0.4) is 0 Å². The minimum absolute atomic E-state index is 0.116. The molecular weight excluding hydrogens is 262 g/mol. The normalized spacial score (nSPS) is 34.3. The van der Waals surface area contributed by atoms with Crippen LogP contribution in [0.1, 0.15) is 13.8 Å². The van der Waals surface area contributed by atoms with Crippen LogP contribution in [0.2, 0.25) is 0 Å². The number of aliphatic hydroxyl groups excluding tert-OH is 1. The van der Waals surface area contributed by atoms with Crippen molar-refractivity contribution in [2.24, 2.45) is 17.3 Å². The number of imide groups is 1. The van der Waals surface area contributed by atoms with Crippen molar-refractivity contribution >= 4 is 27.7 Å². The molecule has 2 fully saturated rings. The third kappa shape index (κ3) is 1.44. The van der Waals surface area contributed by atoms with Gasteiger partial charge in [-0.1, -0.05) is 29.8 Å². The van der Waals surface area contributed by atoms with Crippen molar-refractivity contribution in [3.05, 3.63) is 0 Å². The van der Waals surface area contributed by atoms with Gasteiger partial charge >= 0.3 is 0 Å². The number of halogens is 1. The minimum Gasteiger partial charge on any atom is -0.390 e. The molecule has 2 amide bonds. The van der Waals surface area contributed by atoms with Gasteiger partial charge in [0, 0.05) is 5.33 Å². The van der Waals surface area contributed by atoms with E-state index in [0.29, 0.717) is 5.33 Å². The first kappa shape index (κ1) is 11.1. The molecule has 0 aromatic carbocycles. The number of fused-ring (bicyclic) bond motifs is 1. The van der Waals surface area contributed by atoms with Gasteiger partial charge in [-0.3, -0.25) is 14.5 Å². The molecule has 84 valence electrons. The molecule has 4 nitrogen and oxygen atoms in total. The second kappa shape index (κ2) is 3.28. The summed E-state index contributed by atoms with van der Waals surface area (Å²) in [6, 6.07) is 0. The summed E-state index contributed by atoms with van der Waals surface area (Å²) in [6.07, 6.45) is -0.668. The van der Waals surface area contributed by atoms with E-state index in [1.807, 2.05) is 13.8 Å². The largest absolute Gasteiger partial charge is 0.390 e. The van der Waals surface area contributed by atoms with Crippen LogP contribution < -0.4 is 0 Å². The molecule has 1 heterocycles. The van der Waals surface area contributed by atoms with Gasteiger partial charge in [-0.15, -0.1) is 0 Å². The Morgan fingerprint density at radius 2 is 1.87 bits per heavy atom. The number of piperidine rings is 1. The zero-order valence-corrected chi connectivity index (χ0v) is 10.3. The number of carbonyl (C=O) groups excluding carboxylic acids is 2. The molecule has 3 unspecified atom stereocenters. The number of amides is 2. The highest BCUT2D eigenvalue weighted by Gasteiger charge is 2.72. The minimum atomic E-state index is -0.668. The van der Waals surface area contributed by atoms with Crippen molar-refractivity contribution < 1.29 is 14.7 Å². The zero-order valence-electron chi connectivity index (χ0n) is 8.74. The maximum Gasteiger partial charge on any atom is 0.233 e. The number of hydrogen-bond donors (Lipinski definition) is 1.